The van der Waals surface area contributed by atoms with Gasteiger partial charge in [-0.05, 0) is 37.5 Å². The molecule has 122 valence electrons. The maximum absolute atomic E-state index is 11.7. The molecule has 6 nitrogen and oxygen atoms in total. The van der Waals surface area contributed by atoms with Crippen LogP contribution in [0, 0.1) is 0 Å². The number of carbonyl (C=O) groups excluding carboxylic acids is 1. The molecule has 2 amide bonds. The Kier molecular flexibility index (Phi) is 4.76. The van der Waals surface area contributed by atoms with E-state index in [0.717, 1.165) is 41.5 Å². The predicted molar refractivity (Wildman–Crippen MR) is 92.9 cm³/mol. The van der Waals surface area contributed by atoms with E-state index in [1.165, 1.54) is 11.5 Å². The van der Waals surface area contributed by atoms with Gasteiger partial charge in [-0.1, -0.05) is 19.1 Å². The second kappa shape index (κ2) is 6.95. The van der Waals surface area contributed by atoms with Crippen molar-refractivity contribution in [2.75, 3.05) is 10.6 Å². The summed E-state index contributed by atoms with van der Waals surface area (Å²) in [7, 11) is 0. The van der Waals surface area contributed by atoms with E-state index in [0.29, 0.717) is 6.04 Å². The van der Waals surface area contributed by atoms with Crippen molar-refractivity contribution in [1.29, 1.82) is 0 Å². The number of carbonyl (C=O) groups is 1. The Balaban J connectivity index is 1.55. The summed E-state index contributed by atoms with van der Waals surface area (Å²) in [6.07, 6.45) is 3.01. The number of benzene rings is 1. The molecule has 1 aliphatic carbocycles. The number of rotatable bonds is 6. The van der Waals surface area contributed by atoms with Crippen LogP contribution in [0.25, 0.3) is 0 Å². The van der Waals surface area contributed by atoms with Gasteiger partial charge in [-0.2, -0.15) is 4.37 Å². The van der Waals surface area contributed by atoms with E-state index in [-0.39, 0.29) is 12.1 Å². The molecular formula is C16H21N5OS. The number of aromatic nitrogens is 2. The number of nitrogens with zero attached hydrogens (tertiary/aromatic N) is 2. The highest BCUT2D eigenvalue weighted by atomic mass is 32.1. The predicted octanol–water partition coefficient (Wildman–Crippen LogP) is 3.56. The summed E-state index contributed by atoms with van der Waals surface area (Å²) < 4.78 is 4.27. The van der Waals surface area contributed by atoms with E-state index in [4.69, 9.17) is 0 Å². The maximum atomic E-state index is 11.7. The summed E-state index contributed by atoms with van der Waals surface area (Å²) >= 11 is 1.38. The minimum absolute atomic E-state index is 0.127. The molecule has 1 aromatic carbocycles. The van der Waals surface area contributed by atoms with Crippen LogP contribution in [0.1, 0.15) is 44.1 Å². The molecule has 23 heavy (non-hydrogen) atoms. The fourth-order valence-electron chi connectivity index (χ4n) is 2.16. The van der Waals surface area contributed by atoms with Crippen molar-refractivity contribution in [3.63, 3.8) is 0 Å². The third kappa shape index (κ3) is 4.41. The van der Waals surface area contributed by atoms with Crippen LogP contribution in [0.2, 0.25) is 0 Å². The average Bonchev–Trinajstić information content (AvgIpc) is 3.23. The molecule has 1 aliphatic rings. The van der Waals surface area contributed by atoms with Crippen LogP contribution in [-0.2, 0) is 6.42 Å². The van der Waals surface area contributed by atoms with Crippen LogP contribution in [0.4, 0.5) is 15.6 Å². The first kappa shape index (κ1) is 15.7. The van der Waals surface area contributed by atoms with Crippen molar-refractivity contribution in [3.05, 3.63) is 35.7 Å². The smallest absolute Gasteiger partial charge is 0.319 e. The molecule has 0 bridgehead atoms. The minimum Gasteiger partial charge on any atom is -0.354 e. The van der Waals surface area contributed by atoms with Crippen molar-refractivity contribution < 1.29 is 4.79 Å². The van der Waals surface area contributed by atoms with Crippen LogP contribution in [0.3, 0.4) is 0 Å². The lowest BCUT2D eigenvalue weighted by atomic mass is 10.1. The van der Waals surface area contributed by atoms with Crippen LogP contribution in [0.15, 0.2) is 24.3 Å². The lowest BCUT2D eigenvalue weighted by molar-refractivity contribution is 0.251. The Hall–Kier alpha value is -2.15. The van der Waals surface area contributed by atoms with Crippen molar-refractivity contribution >= 4 is 28.4 Å². The summed E-state index contributed by atoms with van der Waals surface area (Å²) in [5, 5.41) is 9.94. The number of hydrogen-bond acceptors (Lipinski definition) is 5. The highest BCUT2D eigenvalue weighted by Gasteiger charge is 2.23. The maximum Gasteiger partial charge on any atom is 0.319 e. The van der Waals surface area contributed by atoms with Gasteiger partial charge in [0.1, 0.15) is 5.82 Å². The van der Waals surface area contributed by atoms with Gasteiger partial charge in [0.2, 0.25) is 5.13 Å². The monoisotopic (exact) mass is 331 g/mol. The molecule has 3 rings (SSSR count). The standard InChI is InChI=1S/C16H21N5OS/c1-3-14-20-16(23-21-14)17-10(2)11-4-6-12(7-5-11)18-15(22)19-13-8-9-13/h4-7,10,13H,3,8-9H2,1-2H3,(H,17,20,21)(H2,18,19,22). The van der Waals surface area contributed by atoms with Crippen molar-refractivity contribution in [2.45, 2.75) is 45.2 Å². The molecule has 1 aromatic heterocycles. The first-order valence-corrected chi connectivity index (χ1v) is 8.68. The van der Waals surface area contributed by atoms with Gasteiger partial charge in [0.25, 0.3) is 0 Å². The Labute approximate surface area is 139 Å². The SMILES string of the molecule is CCc1nsc(NC(C)c2ccc(NC(=O)NC3CC3)cc2)n1. The Bertz CT molecular complexity index is 665. The topological polar surface area (TPSA) is 78.9 Å². The molecule has 1 unspecified atom stereocenters. The minimum atomic E-state index is -0.132. The fourth-order valence-corrected chi connectivity index (χ4v) is 2.90. The molecule has 3 N–H and O–H groups in total. The van der Waals surface area contributed by atoms with Crippen molar-refractivity contribution in [2.24, 2.45) is 0 Å². The van der Waals surface area contributed by atoms with Gasteiger partial charge < -0.3 is 16.0 Å². The van der Waals surface area contributed by atoms with Crippen LogP contribution in [-0.4, -0.2) is 21.4 Å². The van der Waals surface area contributed by atoms with Gasteiger partial charge in [0.15, 0.2) is 0 Å². The van der Waals surface area contributed by atoms with Gasteiger partial charge in [-0.15, -0.1) is 0 Å². The van der Waals surface area contributed by atoms with E-state index < -0.39 is 0 Å². The first-order chi connectivity index (χ1) is 11.1. The molecule has 7 heteroatoms. The average molecular weight is 331 g/mol. The lowest BCUT2D eigenvalue weighted by Gasteiger charge is -2.14. The molecule has 1 fully saturated rings. The first-order valence-electron chi connectivity index (χ1n) is 7.90. The van der Waals surface area contributed by atoms with Crippen LogP contribution >= 0.6 is 11.5 Å². The third-order valence-corrected chi connectivity index (χ3v) is 4.39. The van der Waals surface area contributed by atoms with Gasteiger partial charge in [-0.3, -0.25) is 0 Å². The molecule has 1 atom stereocenters. The molecular weight excluding hydrogens is 310 g/mol. The van der Waals surface area contributed by atoms with Gasteiger partial charge in [0, 0.05) is 29.7 Å². The van der Waals surface area contributed by atoms with Crippen molar-refractivity contribution in [3.8, 4) is 0 Å². The van der Waals surface area contributed by atoms with E-state index in [9.17, 15) is 4.79 Å². The number of amides is 2. The Morgan fingerprint density at radius 3 is 2.70 bits per heavy atom. The zero-order valence-electron chi connectivity index (χ0n) is 13.3. The molecule has 0 aliphatic heterocycles. The largest absolute Gasteiger partial charge is 0.354 e. The molecule has 1 saturated carbocycles. The van der Waals surface area contributed by atoms with Crippen LogP contribution in [0.5, 0.6) is 0 Å². The Morgan fingerprint density at radius 2 is 2.09 bits per heavy atom. The summed E-state index contributed by atoms with van der Waals surface area (Å²) in [4.78, 5) is 16.1. The second-order valence-electron chi connectivity index (χ2n) is 5.73. The summed E-state index contributed by atoms with van der Waals surface area (Å²) in [6, 6.07) is 8.20. The van der Waals surface area contributed by atoms with E-state index in [2.05, 4.69) is 32.2 Å². The highest BCUT2D eigenvalue weighted by molar-refractivity contribution is 7.09. The second-order valence-corrected chi connectivity index (χ2v) is 6.48. The fraction of sp³-hybridized carbons (Fsp3) is 0.438. The van der Waals surface area contributed by atoms with E-state index in [1.807, 2.05) is 31.2 Å². The van der Waals surface area contributed by atoms with Gasteiger partial charge in [0.05, 0.1) is 6.04 Å². The molecule has 0 radical (unpaired) electrons. The Morgan fingerprint density at radius 1 is 1.35 bits per heavy atom. The van der Waals surface area contributed by atoms with Crippen molar-refractivity contribution in [1.82, 2.24) is 14.7 Å². The zero-order valence-corrected chi connectivity index (χ0v) is 14.1. The number of anilines is 2. The molecule has 1 heterocycles. The quantitative estimate of drug-likeness (QED) is 0.756. The van der Waals surface area contributed by atoms with Gasteiger partial charge >= 0.3 is 6.03 Å². The summed E-state index contributed by atoms with van der Waals surface area (Å²) in [5.41, 5.74) is 1.93. The number of hydrogen-bond donors (Lipinski definition) is 3. The van der Waals surface area contributed by atoms with Gasteiger partial charge in [-0.25, -0.2) is 9.78 Å². The normalized spacial score (nSPS) is 15.0. The lowest BCUT2D eigenvalue weighted by Crippen LogP contribution is -2.30. The molecule has 2 aromatic rings. The third-order valence-electron chi connectivity index (χ3n) is 3.71. The van der Waals surface area contributed by atoms with E-state index in [1.54, 1.807) is 0 Å². The molecule has 0 spiro atoms. The number of nitrogens with one attached hydrogen (secondary N) is 3. The zero-order chi connectivity index (χ0) is 16.2. The van der Waals surface area contributed by atoms with E-state index >= 15 is 0 Å². The number of aryl methyl sites for hydroxylation is 1. The number of urea groups is 1. The molecule has 0 saturated heterocycles. The summed E-state index contributed by atoms with van der Waals surface area (Å²) in [5.74, 6) is 0.867. The highest BCUT2D eigenvalue weighted by Crippen LogP contribution is 2.22. The summed E-state index contributed by atoms with van der Waals surface area (Å²) in [6.45, 7) is 4.12. The van der Waals surface area contributed by atoms with Crippen LogP contribution < -0.4 is 16.0 Å².